The lowest BCUT2D eigenvalue weighted by atomic mass is 10.2. The predicted molar refractivity (Wildman–Crippen MR) is 71.0 cm³/mol. The smallest absolute Gasteiger partial charge is 0.320 e. The number of aromatic nitrogens is 2. The summed E-state index contributed by atoms with van der Waals surface area (Å²) in [4.78, 5) is 11.1. The Hall–Kier alpha value is -1.07. The standard InChI is InChI=1S/C12H20ClN3O2/c1-7(2)14-10(12(17)18)5-6-16-9(4)11(13)8(3)15-16/h7,10,14H,5-6H2,1-4H3,(H,17,18). The Morgan fingerprint density at radius 3 is 2.50 bits per heavy atom. The van der Waals surface area contributed by atoms with E-state index in [-0.39, 0.29) is 6.04 Å². The molecule has 1 aromatic rings. The quantitative estimate of drug-likeness (QED) is 0.832. The second-order valence-corrected chi connectivity index (χ2v) is 5.09. The minimum absolute atomic E-state index is 0.134. The van der Waals surface area contributed by atoms with Crippen LogP contribution in [0.15, 0.2) is 0 Å². The lowest BCUT2D eigenvalue weighted by molar-refractivity contribution is -0.139. The van der Waals surface area contributed by atoms with Gasteiger partial charge in [-0.1, -0.05) is 25.4 Å². The van der Waals surface area contributed by atoms with Gasteiger partial charge in [-0.25, -0.2) is 0 Å². The third-order valence-electron chi connectivity index (χ3n) is 2.76. The first-order valence-corrected chi connectivity index (χ1v) is 6.39. The van der Waals surface area contributed by atoms with Crippen molar-refractivity contribution in [2.24, 2.45) is 0 Å². The number of carboxylic acids is 1. The fourth-order valence-corrected chi connectivity index (χ4v) is 1.96. The van der Waals surface area contributed by atoms with Gasteiger partial charge >= 0.3 is 5.97 Å². The van der Waals surface area contributed by atoms with Gasteiger partial charge in [-0.3, -0.25) is 9.48 Å². The maximum absolute atomic E-state index is 11.1. The van der Waals surface area contributed by atoms with Crippen molar-refractivity contribution in [1.82, 2.24) is 15.1 Å². The van der Waals surface area contributed by atoms with E-state index in [1.54, 1.807) is 4.68 Å². The zero-order chi connectivity index (χ0) is 13.9. The number of halogens is 1. The van der Waals surface area contributed by atoms with Crippen LogP contribution in [0.4, 0.5) is 0 Å². The van der Waals surface area contributed by atoms with Crippen LogP contribution in [0.3, 0.4) is 0 Å². The fourth-order valence-electron chi connectivity index (χ4n) is 1.82. The number of hydrogen-bond acceptors (Lipinski definition) is 3. The molecule has 0 aliphatic rings. The predicted octanol–water partition coefficient (Wildman–Crippen LogP) is 1.99. The van der Waals surface area contributed by atoms with Gasteiger partial charge in [0.25, 0.3) is 0 Å². The summed E-state index contributed by atoms with van der Waals surface area (Å²) in [5, 5.41) is 17.1. The van der Waals surface area contributed by atoms with E-state index in [0.717, 1.165) is 11.4 Å². The third-order valence-corrected chi connectivity index (χ3v) is 3.30. The van der Waals surface area contributed by atoms with Crippen molar-refractivity contribution in [3.05, 3.63) is 16.4 Å². The van der Waals surface area contributed by atoms with E-state index in [1.807, 2.05) is 27.7 Å². The van der Waals surface area contributed by atoms with Crippen LogP contribution in [0.5, 0.6) is 0 Å². The highest BCUT2D eigenvalue weighted by atomic mass is 35.5. The van der Waals surface area contributed by atoms with Crippen molar-refractivity contribution in [3.8, 4) is 0 Å². The van der Waals surface area contributed by atoms with Crippen molar-refractivity contribution >= 4 is 17.6 Å². The zero-order valence-electron chi connectivity index (χ0n) is 11.2. The molecule has 102 valence electrons. The molecule has 0 aliphatic heterocycles. The maximum atomic E-state index is 11.1. The number of nitrogens with zero attached hydrogens (tertiary/aromatic N) is 2. The van der Waals surface area contributed by atoms with Crippen molar-refractivity contribution in [3.63, 3.8) is 0 Å². The lowest BCUT2D eigenvalue weighted by Crippen LogP contribution is -2.41. The van der Waals surface area contributed by atoms with Crippen molar-refractivity contribution < 1.29 is 9.90 Å². The molecule has 0 saturated carbocycles. The van der Waals surface area contributed by atoms with Crippen molar-refractivity contribution in [2.75, 3.05) is 0 Å². The van der Waals surface area contributed by atoms with Crippen LogP contribution < -0.4 is 5.32 Å². The molecule has 5 nitrogen and oxygen atoms in total. The van der Waals surface area contributed by atoms with Gasteiger partial charge < -0.3 is 10.4 Å². The van der Waals surface area contributed by atoms with Crippen LogP contribution in [-0.2, 0) is 11.3 Å². The van der Waals surface area contributed by atoms with E-state index in [4.69, 9.17) is 16.7 Å². The van der Waals surface area contributed by atoms with E-state index in [9.17, 15) is 4.79 Å². The number of carboxylic acid groups (broad SMARTS) is 1. The van der Waals surface area contributed by atoms with E-state index in [2.05, 4.69) is 10.4 Å². The molecule has 1 atom stereocenters. The zero-order valence-corrected chi connectivity index (χ0v) is 12.0. The molecule has 0 aromatic carbocycles. The molecule has 2 N–H and O–H groups in total. The third kappa shape index (κ3) is 3.71. The topological polar surface area (TPSA) is 67.2 Å². The normalized spacial score (nSPS) is 13.0. The molecule has 6 heteroatoms. The average Bonchev–Trinajstić information content (AvgIpc) is 2.51. The summed E-state index contributed by atoms with van der Waals surface area (Å²) in [6.45, 7) is 8.11. The summed E-state index contributed by atoms with van der Waals surface area (Å²) in [5.74, 6) is -0.837. The summed E-state index contributed by atoms with van der Waals surface area (Å²) in [7, 11) is 0. The number of aliphatic carboxylic acids is 1. The average molecular weight is 274 g/mol. The highest BCUT2D eigenvalue weighted by Crippen LogP contribution is 2.19. The molecule has 18 heavy (non-hydrogen) atoms. The first kappa shape index (κ1) is 15.0. The molecule has 0 radical (unpaired) electrons. The number of carbonyl (C=O) groups is 1. The molecule has 0 spiro atoms. The number of hydrogen-bond donors (Lipinski definition) is 2. The lowest BCUT2D eigenvalue weighted by Gasteiger charge is -2.17. The van der Waals surface area contributed by atoms with Gasteiger partial charge in [0.05, 0.1) is 16.4 Å². The summed E-state index contributed by atoms with van der Waals surface area (Å²) in [6.07, 6.45) is 0.478. The minimum atomic E-state index is -0.837. The van der Waals surface area contributed by atoms with Gasteiger partial charge in [0.1, 0.15) is 6.04 Å². The first-order chi connectivity index (χ1) is 8.32. The van der Waals surface area contributed by atoms with Crippen LogP contribution in [0.25, 0.3) is 0 Å². The SMILES string of the molecule is Cc1nn(CCC(NC(C)C)C(=O)O)c(C)c1Cl. The maximum Gasteiger partial charge on any atom is 0.320 e. The number of aryl methyl sites for hydroxylation is 2. The Balaban J connectivity index is 2.67. The molecule has 1 heterocycles. The molecule has 0 amide bonds. The van der Waals surface area contributed by atoms with Gasteiger partial charge in [0.15, 0.2) is 0 Å². The molecular weight excluding hydrogens is 254 g/mol. The molecule has 1 aromatic heterocycles. The second kappa shape index (κ2) is 6.20. The number of nitrogens with one attached hydrogen (secondary N) is 1. The molecule has 1 unspecified atom stereocenters. The molecule has 1 rings (SSSR count). The van der Waals surface area contributed by atoms with Gasteiger partial charge in [-0.15, -0.1) is 0 Å². The van der Waals surface area contributed by atoms with Crippen LogP contribution in [0.2, 0.25) is 5.02 Å². The molecule has 0 aliphatic carbocycles. The van der Waals surface area contributed by atoms with Gasteiger partial charge in [-0.2, -0.15) is 5.10 Å². The van der Waals surface area contributed by atoms with Crippen LogP contribution in [0, 0.1) is 13.8 Å². The Bertz CT molecular complexity index is 429. The Morgan fingerprint density at radius 1 is 1.50 bits per heavy atom. The molecule has 0 fully saturated rings. The summed E-state index contributed by atoms with van der Waals surface area (Å²) < 4.78 is 1.76. The first-order valence-electron chi connectivity index (χ1n) is 6.01. The summed E-state index contributed by atoms with van der Waals surface area (Å²) in [5.41, 5.74) is 1.65. The van der Waals surface area contributed by atoms with E-state index in [0.29, 0.717) is 18.0 Å². The van der Waals surface area contributed by atoms with Crippen LogP contribution >= 0.6 is 11.6 Å². The summed E-state index contributed by atoms with van der Waals surface area (Å²) in [6, 6.07) is -0.428. The van der Waals surface area contributed by atoms with Gasteiger partial charge in [0, 0.05) is 12.6 Å². The van der Waals surface area contributed by atoms with Gasteiger partial charge in [-0.05, 0) is 20.3 Å². The van der Waals surface area contributed by atoms with Crippen LogP contribution in [-0.4, -0.2) is 32.9 Å². The number of rotatable bonds is 6. The molecule has 0 bridgehead atoms. The molecule has 0 saturated heterocycles. The highest BCUT2D eigenvalue weighted by Gasteiger charge is 2.19. The second-order valence-electron chi connectivity index (χ2n) is 4.71. The van der Waals surface area contributed by atoms with Crippen LogP contribution in [0.1, 0.15) is 31.7 Å². The summed E-state index contributed by atoms with van der Waals surface area (Å²) >= 11 is 6.05. The Morgan fingerprint density at radius 2 is 2.11 bits per heavy atom. The monoisotopic (exact) mass is 273 g/mol. The highest BCUT2D eigenvalue weighted by molar-refractivity contribution is 6.31. The van der Waals surface area contributed by atoms with E-state index < -0.39 is 12.0 Å². The largest absolute Gasteiger partial charge is 0.480 e. The Kier molecular flexibility index (Phi) is 5.16. The molecular formula is C12H20ClN3O2. The van der Waals surface area contributed by atoms with Crippen molar-refractivity contribution in [1.29, 1.82) is 0 Å². The van der Waals surface area contributed by atoms with Crippen molar-refractivity contribution in [2.45, 2.75) is 52.7 Å². The van der Waals surface area contributed by atoms with E-state index in [1.165, 1.54) is 0 Å². The Labute approximate surface area is 112 Å². The minimum Gasteiger partial charge on any atom is -0.480 e. The fraction of sp³-hybridized carbons (Fsp3) is 0.667. The van der Waals surface area contributed by atoms with E-state index >= 15 is 0 Å². The van der Waals surface area contributed by atoms with Gasteiger partial charge in [0.2, 0.25) is 0 Å².